The van der Waals surface area contributed by atoms with Gasteiger partial charge in [-0.3, -0.25) is 9.59 Å². The lowest BCUT2D eigenvalue weighted by atomic mass is 9.95. The monoisotopic (exact) mass is 459 g/mol. The second-order valence-corrected chi connectivity index (χ2v) is 9.21. The molecular formula is C28H33N3O3. The summed E-state index contributed by atoms with van der Waals surface area (Å²) in [5.74, 6) is 1.23. The number of anilines is 1. The van der Waals surface area contributed by atoms with Gasteiger partial charge < -0.3 is 15.0 Å². The number of carbonyl (C=O) groups is 2. The van der Waals surface area contributed by atoms with Crippen LogP contribution in [0.3, 0.4) is 0 Å². The predicted molar refractivity (Wildman–Crippen MR) is 136 cm³/mol. The number of methoxy groups -OCH3 is 1. The second-order valence-electron chi connectivity index (χ2n) is 9.21. The lowest BCUT2D eigenvalue weighted by Gasteiger charge is -2.21. The molecule has 0 unspecified atom stereocenters. The first-order valence-electron chi connectivity index (χ1n) is 11.6. The number of benzene rings is 2. The maximum Gasteiger partial charge on any atom is 0.253 e. The molecule has 1 aromatic heterocycles. The highest BCUT2D eigenvalue weighted by atomic mass is 16.5. The van der Waals surface area contributed by atoms with E-state index in [1.807, 2.05) is 81.4 Å². The van der Waals surface area contributed by atoms with Gasteiger partial charge in [-0.2, -0.15) is 0 Å². The van der Waals surface area contributed by atoms with Gasteiger partial charge in [0.05, 0.1) is 18.2 Å². The summed E-state index contributed by atoms with van der Waals surface area (Å²) in [6.07, 6.45) is 1.62. The average Bonchev–Trinajstić information content (AvgIpc) is 3.66. The van der Waals surface area contributed by atoms with Gasteiger partial charge in [0.1, 0.15) is 11.6 Å². The van der Waals surface area contributed by atoms with Gasteiger partial charge >= 0.3 is 0 Å². The highest BCUT2D eigenvalue weighted by Crippen LogP contribution is 2.49. The standard InChI is InChI=1S/C28H31N3O3.H2/c1-18(2)31(4)26(32)21-9-7-20(8-10-21)25-19(3)6-15-24(29-25)30-27(33)28(16-17-28)22-11-13-23(34-5)14-12-22;/h6-15,18H,16-17H2,1-5H3,(H,29,30,33);1H. The van der Waals surface area contributed by atoms with Gasteiger partial charge in [-0.1, -0.05) is 30.3 Å². The number of pyridine rings is 1. The van der Waals surface area contributed by atoms with Crippen LogP contribution in [0.4, 0.5) is 5.82 Å². The second kappa shape index (κ2) is 9.29. The quantitative estimate of drug-likeness (QED) is 0.509. The summed E-state index contributed by atoms with van der Waals surface area (Å²) in [4.78, 5) is 32.2. The number of amides is 2. The Morgan fingerprint density at radius 1 is 1.03 bits per heavy atom. The molecule has 1 saturated carbocycles. The van der Waals surface area contributed by atoms with Gasteiger partial charge in [-0.15, -0.1) is 0 Å². The van der Waals surface area contributed by atoms with Gasteiger partial charge in [-0.25, -0.2) is 4.98 Å². The fourth-order valence-corrected chi connectivity index (χ4v) is 4.02. The van der Waals surface area contributed by atoms with Gasteiger partial charge in [0.2, 0.25) is 5.91 Å². The van der Waals surface area contributed by atoms with Crippen LogP contribution in [0.2, 0.25) is 0 Å². The normalized spacial score (nSPS) is 13.9. The van der Waals surface area contributed by atoms with Gasteiger partial charge in [0.15, 0.2) is 0 Å². The third-order valence-corrected chi connectivity index (χ3v) is 6.67. The predicted octanol–water partition coefficient (Wildman–Crippen LogP) is 5.46. The first-order valence-corrected chi connectivity index (χ1v) is 11.6. The Hall–Kier alpha value is -3.67. The van der Waals surface area contributed by atoms with Gasteiger partial charge in [0, 0.05) is 25.6 Å². The van der Waals surface area contributed by atoms with Crippen molar-refractivity contribution >= 4 is 17.6 Å². The van der Waals surface area contributed by atoms with E-state index in [1.165, 1.54) is 0 Å². The molecule has 178 valence electrons. The summed E-state index contributed by atoms with van der Waals surface area (Å²) in [6.45, 7) is 5.96. The van der Waals surface area contributed by atoms with Crippen LogP contribution in [-0.4, -0.2) is 41.9 Å². The van der Waals surface area contributed by atoms with Crippen LogP contribution in [0.15, 0.2) is 60.7 Å². The highest BCUT2D eigenvalue weighted by Gasteiger charge is 2.51. The Bertz CT molecular complexity index is 1200. The molecule has 34 heavy (non-hydrogen) atoms. The number of hydrogen-bond acceptors (Lipinski definition) is 4. The topological polar surface area (TPSA) is 71.5 Å². The Morgan fingerprint density at radius 3 is 2.24 bits per heavy atom. The molecule has 0 saturated heterocycles. The van der Waals surface area contributed by atoms with Crippen molar-refractivity contribution in [3.05, 3.63) is 77.4 Å². The number of ether oxygens (including phenoxy) is 1. The number of nitrogens with one attached hydrogen (secondary N) is 1. The molecule has 4 rings (SSSR count). The van der Waals surface area contributed by atoms with E-state index in [1.54, 1.807) is 19.1 Å². The van der Waals surface area contributed by atoms with E-state index in [9.17, 15) is 9.59 Å². The van der Waals surface area contributed by atoms with Crippen molar-refractivity contribution in [2.45, 2.75) is 45.1 Å². The van der Waals surface area contributed by atoms with Crippen molar-refractivity contribution in [2.75, 3.05) is 19.5 Å². The molecule has 1 fully saturated rings. The smallest absolute Gasteiger partial charge is 0.253 e. The molecule has 3 aromatic rings. The Kier molecular flexibility index (Phi) is 6.42. The van der Waals surface area contributed by atoms with Crippen molar-refractivity contribution < 1.29 is 15.8 Å². The largest absolute Gasteiger partial charge is 0.497 e. The number of carbonyl (C=O) groups excluding carboxylic acids is 2. The fourth-order valence-electron chi connectivity index (χ4n) is 4.02. The number of rotatable bonds is 7. The van der Waals surface area contributed by atoms with Crippen LogP contribution < -0.4 is 10.1 Å². The molecule has 1 aliphatic carbocycles. The maximum atomic E-state index is 13.2. The SMILES string of the molecule is COc1ccc(C2(C(=O)Nc3ccc(C)c(-c4ccc(C(=O)N(C)C(C)C)cc4)n3)CC2)cc1.[HH]. The van der Waals surface area contributed by atoms with Gasteiger partial charge in [0.25, 0.3) is 5.91 Å². The molecule has 0 radical (unpaired) electrons. The molecule has 2 aromatic carbocycles. The fraction of sp³-hybridized carbons (Fsp3) is 0.321. The summed E-state index contributed by atoms with van der Waals surface area (Å²) >= 11 is 0. The number of hydrogen-bond donors (Lipinski definition) is 1. The van der Waals surface area contributed by atoms with Crippen LogP contribution >= 0.6 is 0 Å². The molecule has 1 aliphatic rings. The first-order chi connectivity index (χ1) is 16.2. The summed E-state index contributed by atoms with van der Waals surface area (Å²) in [5, 5.41) is 3.02. The Morgan fingerprint density at radius 2 is 1.68 bits per heavy atom. The van der Waals surface area contributed by atoms with Crippen LogP contribution in [0.25, 0.3) is 11.3 Å². The number of aromatic nitrogens is 1. The summed E-state index contributed by atoms with van der Waals surface area (Å²) in [5.41, 5.74) is 3.79. The van der Waals surface area contributed by atoms with Crippen LogP contribution in [0.1, 0.15) is 49.6 Å². The molecule has 1 heterocycles. The average molecular weight is 460 g/mol. The van der Waals surface area contributed by atoms with Crippen molar-refractivity contribution in [3.63, 3.8) is 0 Å². The molecule has 0 atom stereocenters. The summed E-state index contributed by atoms with van der Waals surface area (Å²) in [7, 11) is 3.43. The Balaban J connectivity index is 0.00000342. The van der Waals surface area contributed by atoms with Gasteiger partial charge in [-0.05, 0) is 75.1 Å². The van der Waals surface area contributed by atoms with Crippen molar-refractivity contribution in [2.24, 2.45) is 0 Å². The molecule has 2 amide bonds. The molecule has 6 heteroatoms. The van der Waals surface area contributed by atoms with E-state index >= 15 is 0 Å². The molecule has 0 aliphatic heterocycles. The van der Waals surface area contributed by atoms with E-state index in [0.717, 1.165) is 41.0 Å². The van der Waals surface area contributed by atoms with Crippen molar-refractivity contribution in [1.82, 2.24) is 9.88 Å². The molecule has 0 spiro atoms. The minimum absolute atomic E-state index is 0. The third-order valence-electron chi connectivity index (χ3n) is 6.67. The zero-order valence-electron chi connectivity index (χ0n) is 20.4. The lowest BCUT2D eigenvalue weighted by molar-refractivity contribution is -0.118. The molecular weight excluding hydrogens is 426 g/mol. The maximum absolute atomic E-state index is 13.2. The van der Waals surface area contributed by atoms with Crippen molar-refractivity contribution in [1.29, 1.82) is 0 Å². The van der Waals surface area contributed by atoms with Crippen LogP contribution in [-0.2, 0) is 10.2 Å². The van der Waals surface area contributed by atoms with E-state index in [2.05, 4.69) is 5.32 Å². The zero-order valence-corrected chi connectivity index (χ0v) is 20.4. The minimum atomic E-state index is -0.510. The zero-order chi connectivity index (χ0) is 24.5. The molecule has 0 bridgehead atoms. The van der Waals surface area contributed by atoms with E-state index in [4.69, 9.17) is 9.72 Å². The van der Waals surface area contributed by atoms with E-state index < -0.39 is 5.41 Å². The molecule has 1 N–H and O–H groups in total. The highest BCUT2D eigenvalue weighted by molar-refractivity contribution is 6.01. The molecule has 6 nitrogen and oxygen atoms in total. The number of nitrogens with zero attached hydrogens (tertiary/aromatic N) is 2. The van der Waals surface area contributed by atoms with Crippen LogP contribution in [0.5, 0.6) is 5.75 Å². The first kappa shape index (κ1) is 23.5. The summed E-state index contributed by atoms with van der Waals surface area (Å²) < 4.78 is 5.24. The third kappa shape index (κ3) is 4.53. The summed E-state index contributed by atoms with van der Waals surface area (Å²) in [6, 6.07) is 19.1. The minimum Gasteiger partial charge on any atom is -0.497 e. The lowest BCUT2D eigenvalue weighted by Crippen LogP contribution is -2.32. The number of aryl methyl sites for hydroxylation is 1. The van der Waals surface area contributed by atoms with E-state index in [0.29, 0.717) is 11.4 Å². The Labute approximate surface area is 202 Å². The van der Waals surface area contributed by atoms with Crippen molar-refractivity contribution in [3.8, 4) is 17.0 Å². The van der Waals surface area contributed by atoms with E-state index in [-0.39, 0.29) is 19.3 Å². The van der Waals surface area contributed by atoms with Crippen LogP contribution in [0, 0.1) is 6.92 Å².